The van der Waals surface area contributed by atoms with Gasteiger partial charge in [0.1, 0.15) is 5.65 Å². The molecule has 0 atom stereocenters. The fourth-order valence-electron chi connectivity index (χ4n) is 6.46. The number of pyridine rings is 3. The van der Waals surface area contributed by atoms with Crippen molar-refractivity contribution in [3.8, 4) is 22.3 Å². The van der Waals surface area contributed by atoms with Gasteiger partial charge in [0.2, 0.25) is 0 Å². The number of aromatic nitrogens is 4. The SMILES string of the molecule is c1ccc2c(c1)Cc1cc3c(cc1-2)Cc1c-3ccc2nc3c4cnccc4c4ncccc4n3c12. The lowest BCUT2D eigenvalue weighted by Gasteiger charge is -2.09. The maximum absolute atomic E-state index is 5.12. The summed E-state index contributed by atoms with van der Waals surface area (Å²) in [5, 5.41) is 2.13. The maximum atomic E-state index is 5.12. The zero-order chi connectivity index (χ0) is 22.7. The van der Waals surface area contributed by atoms with E-state index in [1.807, 2.05) is 30.7 Å². The molecule has 3 aromatic carbocycles. The molecule has 162 valence electrons. The molecule has 4 heteroatoms. The summed E-state index contributed by atoms with van der Waals surface area (Å²) in [5.41, 5.74) is 16.3. The topological polar surface area (TPSA) is 43.1 Å². The average Bonchev–Trinajstić information content (AvgIpc) is 3.58. The molecule has 0 fully saturated rings. The molecule has 0 spiro atoms. The van der Waals surface area contributed by atoms with Gasteiger partial charge in [0.25, 0.3) is 0 Å². The number of fused-ring (bicyclic) bond motifs is 15. The van der Waals surface area contributed by atoms with E-state index in [0.29, 0.717) is 0 Å². The number of hydrogen-bond acceptors (Lipinski definition) is 3. The molecule has 2 aliphatic carbocycles. The third-order valence-corrected chi connectivity index (χ3v) is 7.94. The second-order valence-corrected chi connectivity index (χ2v) is 9.70. The van der Waals surface area contributed by atoms with Crippen LogP contribution in [0.15, 0.2) is 85.3 Å². The molecule has 0 radical (unpaired) electrons. The van der Waals surface area contributed by atoms with Gasteiger partial charge in [-0.1, -0.05) is 30.3 Å². The summed E-state index contributed by atoms with van der Waals surface area (Å²) in [6.07, 6.45) is 7.55. The van der Waals surface area contributed by atoms with Gasteiger partial charge < -0.3 is 0 Å². The number of hydrogen-bond donors (Lipinski definition) is 0. The summed E-state index contributed by atoms with van der Waals surface area (Å²) < 4.78 is 2.31. The van der Waals surface area contributed by atoms with Crippen LogP contribution < -0.4 is 0 Å². The van der Waals surface area contributed by atoms with E-state index in [9.17, 15) is 0 Å². The van der Waals surface area contributed by atoms with E-state index < -0.39 is 0 Å². The second-order valence-electron chi connectivity index (χ2n) is 9.70. The molecule has 7 aromatic rings. The van der Waals surface area contributed by atoms with Crippen LogP contribution >= 0.6 is 0 Å². The summed E-state index contributed by atoms with van der Waals surface area (Å²) >= 11 is 0. The Bertz CT molecular complexity index is 2070. The van der Waals surface area contributed by atoms with Gasteiger partial charge in [-0.2, -0.15) is 0 Å². The second kappa shape index (κ2) is 6.10. The van der Waals surface area contributed by atoms with Crippen molar-refractivity contribution in [3.63, 3.8) is 0 Å². The zero-order valence-corrected chi connectivity index (χ0v) is 18.8. The Morgan fingerprint density at radius 1 is 0.686 bits per heavy atom. The smallest absolute Gasteiger partial charge is 0.148 e. The van der Waals surface area contributed by atoms with Gasteiger partial charge in [0, 0.05) is 35.8 Å². The predicted molar refractivity (Wildman–Crippen MR) is 140 cm³/mol. The van der Waals surface area contributed by atoms with Crippen LogP contribution in [0, 0.1) is 0 Å². The minimum atomic E-state index is 0.915. The fourth-order valence-corrected chi connectivity index (χ4v) is 6.46. The van der Waals surface area contributed by atoms with Gasteiger partial charge in [-0.15, -0.1) is 0 Å². The maximum Gasteiger partial charge on any atom is 0.148 e. The van der Waals surface area contributed by atoms with Crippen LogP contribution in [-0.2, 0) is 12.8 Å². The zero-order valence-electron chi connectivity index (χ0n) is 18.8. The molecule has 4 nitrogen and oxygen atoms in total. The molecule has 0 saturated heterocycles. The molecule has 9 rings (SSSR count). The highest BCUT2D eigenvalue weighted by molar-refractivity contribution is 6.12. The number of rotatable bonds is 0. The first-order valence-corrected chi connectivity index (χ1v) is 12.0. The summed E-state index contributed by atoms with van der Waals surface area (Å²) in [5.74, 6) is 0. The number of imidazole rings is 1. The van der Waals surface area contributed by atoms with Crippen molar-refractivity contribution in [1.82, 2.24) is 19.4 Å². The van der Waals surface area contributed by atoms with Crippen molar-refractivity contribution in [1.29, 1.82) is 0 Å². The molecule has 0 saturated carbocycles. The molecule has 0 aliphatic heterocycles. The van der Waals surface area contributed by atoms with E-state index >= 15 is 0 Å². The minimum absolute atomic E-state index is 0.915. The Morgan fingerprint density at radius 3 is 2.54 bits per heavy atom. The molecule has 0 bridgehead atoms. The summed E-state index contributed by atoms with van der Waals surface area (Å²) in [7, 11) is 0. The lowest BCUT2D eigenvalue weighted by molar-refractivity contribution is 1.22. The molecule has 4 aromatic heterocycles. The Hall–Kier alpha value is -4.57. The Kier molecular flexibility index (Phi) is 3.11. The van der Waals surface area contributed by atoms with Crippen molar-refractivity contribution >= 4 is 38.5 Å². The quantitative estimate of drug-likeness (QED) is 0.243. The van der Waals surface area contributed by atoms with Crippen molar-refractivity contribution < 1.29 is 0 Å². The van der Waals surface area contributed by atoms with Gasteiger partial charge in [-0.3, -0.25) is 14.4 Å². The van der Waals surface area contributed by atoms with Gasteiger partial charge in [-0.05, 0) is 87.3 Å². The monoisotopic (exact) mass is 446 g/mol. The van der Waals surface area contributed by atoms with E-state index in [4.69, 9.17) is 9.97 Å². The van der Waals surface area contributed by atoms with E-state index in [1.54, 1.807) is 0 Å². The highest BCUT2D eigenvalue weighted by Crippen LogP contribution is 2.46. The Labute approximate surface area is 200 Å². The van der Waals surface area contributed by atoms with Crippen molar-refractivity contribution in [2.75, 3.05) is 0 Å². The summed E-state index contributed by atoms with van der Waals surface area (Å²) in [4.78, 5) is 14.3. The summed E-state index contributed by atoms with van der Waals surface area (Å²) in [6.45, 7) is 0. The Balaban J connectivity index is 1.38. The van der Waals surface area contributed by atoms with E-state index in [1.165, 1.54) is 50.0 Å². The molecule has 0 unspecified atom stereocenters. The van der Waals surface area contributed by atoms with Crippen LogP contribution in [0.1, 0.15) is 22.3 Å². The highest BCUT2D eigenvalue weighted by atomic mass is 15.0. The summed E-state index contributed by atoms with van der Waals surface area (Å²) in [6, 6.07) is 24.4. The van der Waals surface area contributed by atoms with Crippen LogP contribution in [0.2, 0.25) is 0 Å². The van der Waals surface area contributed by atoms with Crippen LogP contribution in [0.25, 0.3) is 60.7 Å². The number of nitrogens with zero attached hydrogens (tertiary/aromatic N) is 4. The minimum Gasteiger partial charge on any atom is -0.290 e. The van der Waals surface area contributed by atoms with Crippen LogP contribution in [0.3, 0.4) is 0 Å². The third kappa shape index (κ3) is 2.15. The molecule has 35 heavy (non-hydrogen) atoms. The van der Waals surface area contributed by atoms with Crippen LogP contribution in [0.4, 0.5) is 0 Å². The predicted octanol–water partition coefficient (Wildman–Crippen LogP) is 6.73. The lowest BCUT2D eigenvalue weighted by atomic mass is 9.98. The van der Waals surface area contributed by atoms with E-state index in [-0.39, 0.29) is 0 Å². The molecule has 0 amide bonds. The van der Waals surface area contributed by atoms with Crippen molar-refractivity contribution in [2.45, 2.75) is 12.8 Å². The van der Waals surface area contributed by atoms with Gasteiger partial charge in [0.05, 0.1) is 22.1 Å². The largest absolute Gasteiger partial charge is 0.290 e. The lowest BCUT2D eigenvalue weighted by Crippen LogP contribution is -1.95. The van der Waals surface area contributed by atoms with Crippen molar-refractivity contribution in [2.24, 2.45) is 0 Å². The first kappa shape index (κ1) is 17.8. The number of benzene rings is 3. The van der Waals surface area contributed by atoms with Gasteiger partial charge in [0.15, 0.2) is 0 Å². The fraction of sp³-hybridized carbons (Fsp3) is 0.0645. The highest BCUT2D eigenvalue weighted by Gasteiger charge is 2.28. The first-order valence-electron chi connectivity index (χ1n) is 12.0. The van der Waals surface area contributed by atoms with Crippen molar-refractivity contribution in [3.05, 3.63) is 108 Å². The first-order chi connectivity index (χ1) is 17.3. The molecular formula is C31H18N4. The van der Waals surface area contributed by atoms with E-state index in [0.717, 1.165) is 45.8 Å². The standard InChI is InChI=1S/C31H18N4/c1-2-5-20-17(4-1)12-18-13-24-19(14-23(18)20)15-25-21(24)7-8-27-30(25)35-28-6-3-10-33-29(28)22-9-11-32-16-26(22)31(35)34-27/h1-11,13-14,16H,12,15H2. The van der Waals surface area contributed by atoms with E-state index in [2.05, 4.69) is 64.0 Å². The molecular weight excluding hydrogens is 428 g/mol. The molecule has 2 aliphatic rings. The normalized spacial score (nSPS) is 13.5. The van der Waals surface area contributed by atoms with Crippen LogP contribution in [-0.4, -0.2) is 19.4 Å². The van der Waals surface area contributed by atoms with Gasteiger partial charge >= 0.3 is 0 Å². The van der Waals surface area contributed by atoms with Gasteiger partial charge in [-0.25, -0.2) is 4.98 Å². The molecule has 0 N–H and O–H groups in total. The Morgan fingerprint density at radius 2 is 1.57 bits per heavy atom. The average molecular weight is 447 g/mol. The van der Waals surface area contributed by atoms with Crippen LogP contribution in [0.5, 0.6) is 0 Å². The molecule has 4 heterocycles. The third-order valence-electron chi connectivity index (χ3n) is 7.94.